The number of nitrogens with two attached hydrogens (primary N) is 1. The number of hydrogen-bond acceptors (Lipinski definition) is 7. The molecule has 1 unspecified atom stereocenters. The second-order valence-electron chi connectivity index (χ2n) is 7.49. The molecular formula is C23H23Cl2N5O2S. The average molecular weight is 504 g/mol. The van der Waals surface area contributed by atoms with Crippen molar-refractivity contribution in [1.82, 2.24) is 9.97 Å². The van der Waals surface area contributed by atoms with E-state index in [1.54, 1.807) is 55.0 Å². The molecular weight excluding hydrogens is 481 g/mol. The van der Waals surface area contributed by atoms with Crippen LogP contribution in [0.15, 0.2) is 59.4 Å². The Bertz CT molecular complexity index is 1300. The van der Waals surface area contributed by atoms with Crippen molar-refractivity contribution < 1.29 is 8.95 Å². The van der Waals surface area contributed by atoms with Crippen molar-refractivity contribution in [2.45, 2.75) is 13.0 Å². The lowest BCUT2D eigenvalue weighted by Gasteiger charge is -2.18. The van der Waals surface area contributed by atoms with Gasteiger partial charge < -0.3 is 15.9 Å². The summed E-state index contributed by atoms with van der Waals surface area (Å²) < 4.78 is 21.9. The van der Waals surface area contributed by atoms with Crippen molar-refractivity contribution in [1.29, 1.82) is 5.41 Å². The topological polar surface area (TPSA) is 114 Å². The number of nitrogens with one attached hydrogen (secondary N) is 1. The molecule has 3 rings (SSSR count). The lowest BCUT2D eigenvalue weighted by atomic mass is 10.1. The van der Waals surface area contributed by atoms with Crippen LogP contribution >= 0.6 is 23.2 Å². The maximum atomic E-state index is 11.8. The van der Waals surface area contributed by atoms with Gasteiger partial charge in [-0.1, -0.05) is 23.2 Å². The minimum absolute atomic E-state index is 0.186. The number of aromatic nitrogens is 2. The summed E-state index contributed by atoms with van der Waals surface area (Å²) in [6, 6.07) is 8.55. The molecule has 2 aromatic heterocycles. The lowest BCUT2D eigenvalue weighted by Crippen LogP contribution is -2.07. The highest BCUT2D eigenvalue weighted by Gasteiger charge is 2.17. The van der Waals surface area contributed by atoms with Gasteiger partial charge in [0.2, 0.25) is 0 Å². The fraction of sp³-hybridized carbons (Fsp3) is 0.174. The van der Waals surface area contributed by atoms with Gasteiger partial charge in [-0.25, -0.2) is 4.21 Å². The smallest absolute Gasteiger partial charge is 0.124 e. The van der Waals surface area contributed by atoms with Gasteiger partial charge in [-0.05, 0) is 49.4 Å². The Hall–Kier alpha value is -2.94. The normalized spacial score (nSPS) is 12.5. The van der Waals surface area contributed by atoms with Crippen LogP contribution in [0.3, 0.4) is 0 Å². The molecule has 0 aliphatic heterocycles. The molecule has 0 amide bonds. The largest absolute Gasteiger partial charge is 0.486 e. The van der Waals surface area contributed by atoms with Gasteiger partial charge in [-0.3, -0.25) is 9.97 Å². The molecule has 0 spiro atoms. The lowest BCUT2D eigenvalue weighted by molar-refractivity contribution is 0.227. The Balaban J connectivity index is 1.77. The zero-order valence-electron chi connectivity index (χ0n) is 18.3. The molecule has 0 aliphatic carbocycles. The number of halogens is 2. The maximum absolute atomic E-state index is 11.8. The van der Waals surface area contributed by atoms with E-state index in [9.17, 15) is 4.21 Å². The number of hydrogen-bond donors (Lipinski definition) is 2. The standard InChI is InChI=1S/C23H23Cl2N5O2S/c1-14(23-19(24)12-28-13-20(23)25)32-17-7-9-22(27)18(10-17)21(26)8-6-15-4-5-16(11-29-15)30-33(2,3)31/h4-14,26H,27H2,1-3H3/b8-6+,26-21?. The van der Waals surface area contributed by atoms with E-state index in [4.69, 9.17) is 39.1 Å². The highest BCUT2D eigenvalue weighted by Crippen LogP contribution is 2.33. The van der Waals surface area contributed by atoms with E-state index in [0.717, 1.165) is 0 Å². The van der Waals surface area contributed by atoms with E-state index < -0.39 is 15.8 Å². The summed E-state index contributed by atoms with van der Waals surface area (Å²) in [7, 11) is -2.25. The van der Waals surface area contributed by atoms with Crippen molar-refractivity contribution in [3.05, 3.63) is 81.9 Å². The molecule has 33 heavy (non-hydrogen) atoms. The van der Waals surface area contributed by atoms with Crippen molar-refractivity contribution >= 4 is 56.1 Å². The van der Waals surface area contributed by atoms with Crippen molar-refractivity contribution in [3.8, 4) is 5.75 Å². The fourth-order valence-electron chi connectivity index (χ4n) is 2.98. The third-order valence-electron chi connectivity index (χ3n) is 4.44. The molecule has 10 heteroatoms. The van der Waals surface area contributed by atoms with E-state index in [0.29, 0.717) is 44.0 Å². The Morgan fingerprint density at radius 3 is 2.48 bits per heavy atom. The summed E-state index contributed by atoms with van der Waals surface area (Å²) >= 11 is 12.4. The predicted octanol–water partition coefficient (Wildman–Crippen LogP) is 5.95. The van der Waals surface area contributed by atoms with Gasteiger partial charge in [0, 0.05) is 51.4 Å². The Morgan fingerprint density at radius 2 is 1.88 bits per heavy atom. The monoisotopic (exact) mass is 503 g/mol. The Kier molecular flexibility index (Phi) is 7.73. The first-order valence-electron chi connectivity index (χ1n) is 9.79. The van der Waals surface area contributed by atoms with Crippen LogP contribution in [0, 0.1) is 5.41 Å². The molecule has 0 bridgehead atoms. The molecule has 0 radical (unpaired) electrons. The molecule has 1 aromatic carbocycles. The number of nitrogens with zero attached hydrogens (tertiary/aromatic N) is 3. The van der Waals surface area contributed by atoms with Gasteiger partial charge in [0.05, 0.1) is 33.3 Å². The molecule has 7 nitrogen and oxygen atoms in total. The van der Waals surface area contributed by atoms with E-state index in [-0.39, 0.29) is 5.71 Å². The first-order valence-corrected chi connectivity index (χ1v) is 12.9. The Morgan fingerprint density at radius 1 is 1.18 bits per heavy atom. The van der Waals surface area contributed by atoms with Gasteiger partial charge in [0.1, 0.15) is 11.9 Å². The number of allylic oxidation sites excluding steroid dienone is 1. The summed E-state index contributed by atoms with van der Waals surface area (Å²) in [5.74, 6) is 0.514. The van der Waals surface area contributed by atoms with Gasteiger partial charge >= 0.3 is 0 Å². The van der Waals surface area contributed by atoms with Crippen LogP contribution in [0.1, 0.15) is 29.8 Å². The van der Waals surface area contributed by atoms with E-state index in [1.165, 1.54) is 18.6 Å². The van der Waals surface area contributed by atoms with E-state index in [2.05, 4.69) is 14.3 Å². The highest BCUT2D eigenvalue weighted by atomic mass is 35.5. The molecule has 3 aromatic rings. The molecule has 0 saturated carbocycles. The quantitative estimate of drug-likeness (QED) is 0.305. The number of pyridine rings is 2. The molecule has 3 N–H and O–H groups in total. The summed E-state index contributed by atoms with van der Waals surface area (Å²) in [6.45, 7) is 1.82. The van der Waals surface area contributed by atoms with Crippen LogP contribution in [0.2, 0.25) is 10.0 Å². The molecule has 1 atom stereocenters. The SMILES string of the molecule is CC(Oc1ccc(N)c(C(=N)/C=C/c2ccc(N=S(C)(C)=O)cn2)c1)c1c(Cl)cncc1Cl. The number of benzene rings is 1. The zero-order chi connectivity index (χ0) is 24.2. The van der Waals surface area contributed by atoms with Gasteiger partial charge in [-0.2, -0.15) is 4.36 Å². The minimum atomic E-state index is -2.25. The number of anilines is 1. The average Bonchev–Trinajstić information content (AvgIpc) is 2.73. The fourth-order valence-corrected chi connectivity index (χ4v) is 4.26. The molecule has 0 aliphatic rings. The van der Waals surface area contributed by atoms with Crippen molar-refractivity contribution in [2.75, 3.05) is 18.2 Å². The molecule has 0 saturated heterocycles. The van der Waals surface area contributed by atoms with Crippen LogP contribution in [0.25, 0.3) is 6.08 Å². The number of ether oxygens (including phenoxy) is 1. The number of rotatable bonds is 7. The molecule has 172 valence electrons. The van der Waals surface area contributed by atoms with E-state index >= 15 is 0 Å². The van der Waals surface area contributed by atoms with Crippen LogP contribution in [0.5, 0.6) is 5.75 Å². The maximum Gasteiger partial charge on any atom is 0.124 e. The first kappa shape index (κ1) is 24.7. The van der Waals surface area contributed by atoms with Gasteiger partial charge in [0.15, 0.2) is 0 Å². The summed E-state index contributed by atoms with van der Waals surface area (Å²) in [4.78, 5) is 8.22. The van der Waals surface area contributed by atoms with Crippen LogP contribution < -0.4 is 10.5 Å². The van der Waals surface area contributed by atoms with Crippen molar-refractivity contribution in [3.63, 3.8) is 0 Å². The third kappa shape index (κ3) is 6.77. The van der Waals surface area contributed by atoms with Crippen LogP contribution in [-0.2, 0) is 9.73 Å². The second-order valence-corrected chi connectivity index (χ2v) is 10.8. The Labute approximate surface area is 203 Å². The summed E-state index contributed by atoms with van der Waals surface area (Å²) in [5.41, 5.74) is 9.01. The van der Waals surface area contributed by atoms with E-state index in [1.807, 2.05) is 6.92 Å². The van der Waals surface area contributed by atoms with Gasteiger partial charge in [0.25, 0.3) is 0 Å². The minimum Gasteiger partial charge on any atom is -0.486 e. The van der Waals surface area contributed by atoms with Crippen LogP contribution in [0.4, 0.5) is 11.4 Å². The predicted molar refractivity (Wildman–Crippen MR) is 136 cm³/mol. The first-order chi connectivity index (χ1) is 15.5. The summed E-state index contributed by atoms with van der Waals surface area (Å²) in [5, 5.41) is 9.25. The highest BCUT2D eigenvalue weighted by molar-refractivity contribution is 7.92. The molecule has 2 heterocycles. The van der Waals surface area contributed by atoms with Crippen molar-refractivity contribution in [2.24, 2.45) is 4.36 Å². The third-order valence-corrected chi connectivity index (χ3v) is 5.69. The number of nitrogen functional groups attached to an aromatic ring is 1. The zero-order valence-corrected chi connectivity index (χ0v) is 20.6. The van der Waals surface area contributed by atoms with Gasteiger partial charge in [-0.15, -0.1) is 0 Å². The second kappa shape index (κ2) is 10.3. The molecule has 0 fully saturated rings. The summed E-state index contributed by atoms with van der Waals surface area (Å²) in [6.07, 6.45) is 10.5. The van der Waals surface area contributed by atoms with Crippen LogP contribution in [-0.4, -0.2) is 32.4 Å².